The number of Topliss-reactive ketones (excluding diaryl/α,β-unsaturated/α-hetero) is 1. The van der Waals surface area contributed by atoms with Gasteiger partial charge in [-0.05, 0) is 38.5 Å². The van der Waals surface area contributed by atoms with E-state index in [2.05, 4.69) is 4.90 Å². The van der Waals surface area contributed by atoms with Gasteiger partial charge in [0.15, 0.2) is 0 Å². The number of carbonyl (C=O) groups excluding carboxylic acids is 1. The first-order valence-corrected chi connectivity index (χ1v) is 12.2. The summed E-state index contributed by atoms with van der Waals surface area (Å²) in [7, 11) is 0. The Bertz CT molecular complexity index is 363. The van der Waals surface area contributed by atoms with Gasteiger partial charge in [-0.1, -0.05) is 83.5 Å². The van der Waals surface area contributed by atoms with Crippen molar-refractivity contribution in [1.82, 2.24) is 4.90 Å². The molecule has 0 aromatic heterocycles. The van der Waals surface area contributed by atoms with E-state index in [0.717, 1.165) is 19.3 Å². The highest BCUT2D eigenvalue weighted by molar-refractivity contribution is 5.84. The Hall–Kier alpha value is -0.370. The summed E-state index contributed by atoms with van der Waals surface area (Å²) < 4.78 is 0. The number of nitrogens with zero attached hydrogens (tertiary/aromatic N) is 1. The molecule has 0 amide bonds. The van der Waals surface area contributed by atoms with Crippen LogP contribution >= 0.6 is 0 Å². The topological polar surface area (TPSA) is 20.3 Å². The molecule has 0 aromatic carbocycles. The molecule has 150 valence electrons. The van der Waals surface area contributed by atoms with Crippen molar-refractivity contribution in [3.05, 3.63) is 0 Å². The quantitative estimate of drug-likeness (QED) is 0.550. The molecule has 3 rings (SSSR count). The maximum Gasteiger partial charge on any atom is 0.149 e. The largest absolute Gasteiger partial charge is 0.298 e. The predicted molar refractivity (Wildman–Crippen MR) is 111 cm³/mol. The molecular formula is C24H43NO. The Labute approximate surface area is 162 Å². The molecule has 0 aromatic rings. The van der Waals surface area contributed by atoms with Crippen molar-refractivity contribution in [2.45, 2.75) is 147 Å². The number of hydrogen-bond acceptors (Lipinski definition) is 2. The Balaban J connectivity index is 1.77. The van der Waals surface area contributed by atoms with Gasteiger partial charge in [0.05, 0.1) is 6.04 Å². The molecule has 0 aliphatic heterocycles. The van der Waals surface area contributed by atoms with Gasteiger partial charge in [-0.15, -0.1) is 0 Å². The lowest BCUT2D eigenvalue weighted by Gasteiger charge is -2.44. The summed E-state index contributed by atoms with van der Waals surface area (Å²) in [6.07, 6.45) is 26.7. The molecule has 3 fully saturated rings. The first-order chi connectivity index (χ1) is 12.9. The van der Waals surface area contributed by atoms with Gasteiger partial charge in [-0.25, -0.2) is 0 Å². The zero-order valence-corrected chi connectivity index (χ0v) is 17.2. The van der Waals surface area contributed by atoms with Crippen molar-refractivity contribution in [2.24, 2.45) is 0 Å². The molecule has 1 unspecified atom stereocenters. The van der Waals surface area contributed by atoms with Gasteiger partial charge in [-0.2, -0.15) is 0 Å². The number of carbonyl (C=O) groups is 1. The molecule has 2 heteroatoms. The first kappa shape index (κ1) is 20.4. The van der Waals surface area contributed by atoms with E-state index in [0.29, 0.717) is 17.9 Å². The summed E-state index contributed by atoms with van der Waals surface area (Å²) in [5.74, 6) is 0.580. The van der Waals surface area contributed by atoms with Crippen molar-refractivity contribution in [3.8, 4) is 0 Å². The van der Waals surface area contributed by atoms with E-state index in [-0.39, 0.29) is 6.04 Å². The van der Waals surface area contributed by atoms with Crippen LogP contribution in [-0.4, -0.2) is 28.8 Å². The summed E-state index contributed by atoms with van der Waals surface area (Å²) in [5.41, 5.74) is 0. The lowest BCUT2D eigenvalue weighted by atomic mass is 9.87. The van der Waals surface area contributed by atoms with E-state index in [1.54, 1.807) is 0 Å². The van der Waals surface area contributed by atoms with Gasteiger partial charge in [0, 0.05) is 18.5 Å². The smallest absolute Gasteiger partial charge is 0.149 e. The normalized spacial score (nSPS) is 29.3. The van der Waals surface area contributed by atoms with Gasteiger partial charge in [-0.3, -0.25) is 9.69 Å². The molecule has 3 saturated carbocycles. The van der Waals surface area contributed by atoms with Crippen LogP contribution in [0.3, 0.4) is 0 Å². The third-order valence-corrected chi connectivity index (χ3v) is 7.37. The monoisotopic (exact) mass is 361 g/mol. The van der Waals surface area contributed by atoms with Crippen LogP contribution in [0.25, 0.3) is 0 Å². The molecule has 3 aliphatic rings. The summed E-state index contributed by atoms with van der Waals surface area (Å²) in [6.45, 7) is 0. The van der Waals surface area contributed by atoms with Gasteiger partial charge in [0.1, 0.15) is 5.78 Å². The fourth-order valence-corrected chi connectivity index (χ4v) is 5.91. The van der Waals surface area contributed by atoms with E-state index in [1.165, 1.54) is 109 Å². The van der Waals surface area contributed by atoms with E-state index in [1.807, 2.05) is 0 Å². The zero-order valence-electron chi connectivity index (χ0n) is 17.2. The molecular weight excluding hydrogens is 318 g/mol. The summed E-state index contributed by atoms with van der Waals surface area (Å²) in [4.78, 5) is 15.8. The summed E-state index contributed by atoms with van der Waals surface area (Å²) in [5, 5.41) is 0. The highest BCUT2D eigenvalue weighted by atomic mass is 16.1. The average Bonchev–Trinajstić information content (AvgIpc) is 2.87. The molecule has 2 nitrogen and oxygen atoms in total. The number of rotatable bonds is 3. The van der Waals surface area contributed by atoms with Gasteiger partial charge in [0.2, 0.25) is 0 Å². The fraction of sp³-hybridized carbons (Fsp3) is 0.958. The standard InChI is InChI=1S/C24H43NO/c26-24-20-14-13-19-23(24)25(21-15-9-5-1-2-6-10-16-21)22-17-11-7-3-4-8-12-18-22/h21-23H,1-20H2. The fourth-order valence-electron chi connectivity index (χ4n) is 5.91. The van der Waals surface area contributed by atoms with Crippen LogP contribution in [-0.2, 0) is 4.79 Å². The SMILES string of the molecule is O=C1CCCCC1N(C1CCCCCCCC1)C1CCCCCCCC1. The Morgan fingerprint density at radius 3 is 1.31 bits per heavy atom. The van der Waals surface area contributed by atoms with E-state index >= 15 is 0 Å². The molecule has 1 atom stereocenters. The van der Waals surface area contributed by atoms with Crippen molar-refractivity contribution in [2.75, 3.05) is 0 Å². The highest BCUT2D eigenvalue weighted by Crippen LogP contribution is 2.33. The summed E-state index contributed by atoms with van der Waals surface area (Å²) >= 11 is 0. The van der Waals surface area contributed by atoms with Crippen LogP contribution in [0.15, 0.2) is 0 Å². The Morgan fingerprint density at radius 1 is 0.500 bits per heavy atom. The van der Waals surface area contributed by atoms with Gasteiger partial charge >= 0.3 is 0 Å². The minimum absolute atomic E-state index is 0.264. The molecule has 26 heavy (non-hydrogen) atoms. The molecule has 3 aliphatic carbocycles. The van der Waals surface area contributed by atoms with Crippen LogP contribution in [0.1, 0.15) is 128 Å². The lowest BCUT2D eigenvalue weighted by molar-refractivity contribution is -0.129. The molecule has 0 spiro atoms. The maximum atomic E-state index is 12.9. The first-order valence-electron chi connectivity index (χ1n) is 12.2. The van der Waals surface area contributed by atoms with Gasteiger partial charge < -0.3 is 0 Å². The molecule has 0 N–H and O–H groups in total. The minimum atomic E-state index is 0.264. The zero-order chi connectivity index (χ0) is 18.0. The van der Waals surface area contributed by atoms with Crippen LogP contribution < -0.4 is 0 Å². The van der Waals surface area contributed by atoms with Gasteiger partial charge in [0.25, 0.3) is 0 Å². The third-order valence-electron chi connectivity index (χ3n) is 7.37. The van der Waals surface area contributed by atoms with Crippen molar-refractivity contribution < 1.29 is 4.79 Å². The van der Waals surface area contributed by atoms with Crippen molar-refractivity contribution in [1.29, 1.82) is 0 Å². The highest BCUT2D eigenvalue weighted by Gasteiger charge is 2.36. The van der Waals surface area contributed by atoms with Crippen molar-refractivity contribution >= 4 is 5.78 Å². The molecule has 0 heterocycles. The van der Waals surface area contributed by atoms with Crippen molar-refractivity contribution in [3.63, 3.8) is 0 Å². The van der Waals surface area contributed by atoms with E-state index < -0.39 is 0 Å². The summed E-state index contributed by atoms with van der Waals surface area (Å²) in [6, 6.07) is 1.64. The van der Waals surface area contributed by atoms with Crippen LogP contribution in [0.2, 0.25) is 0 Å². The molecule has 0 saturated heterocycles. The second-order valence-corrected chi connectivity index (χ2v) is 9.38. The maximum absolute atomic E-state index is 12.9. The lowest BCUT2D eigenvalue weighted by Crippen LogP contribution is -2.53. The van der Waals surface area contributed by atoms with E-state index in [9.17, 15) is 4.79 Å². The average molecular weight is 362 g/mol. The van der Waals surface area contributed by atoms with Crippen LogP contribution in [0, 0.1) is 0 Å². The van der Waals surface area contributed by atoms with E-state index in [4.69, 9.17) is 0 Å². The van der Waals surface area contributed by atoms with Crippen LogP contribution in [0.5, 0.6) is 0 Å². The Morgan fingerprint density at radius 2 is 0.885 bits per heavy atom. The number of ketones is 1. The van der Waals surface area contributed by atoms with Crippen LogP contribution in [0.4, 0.5) is 0 Å². The second-order valence-electron chi connectivity index (χ2n) is 9.38. The predicted octanol–water partition coefficient (Wildman–Crippen LogP) is 6.81. The third kappa shape index (κ3) is 6.08. The molecule has 0 bridgehead atoms. The minimum Gasteiger partial charge on any atom is -0.298 e. The Kier molecular flexibility index (Phi) is 8.98. The second kappa shape index (κ2) is 11.5. The number of hydrogen-bond donors (Lipinski definition) is 0. The molecule has 0 radical (unpaired) electrons.